The second-order valence-corrected chi connectivity index (χ2v) is 5.39. The summed E-state index contributed by atoms with van der Waals surface area (Å²) >= 11 is 0. The number of nitrogens with one attached hydrogen (secondary N) is 2. The van der Waals surface area contributed by atoms with E-state index in [1.165, 1.54) is 0 Å². The maximum absolute atomic E-state index is 12.1. The maximum Gasteiger partial charge on any atom is 0.303 e. The molecule has 5 N–H and O–H groups in total. The van der Waals surface area contributed by atoms with Gasteiger partial charge in [0.15, 0.2) is 0 Å². The molecule has 0 aliphatic carbocycles. The number of amides is 1. The second kappa shape index (κ2) is 7.92. The number of hydrogen-bond donors (Lipinski definition) is 4. The fourth-order valence-corrected chi connectivity index (χ4v) is 2.19. The monoisotopic (exact) mass is 325 g/mol. The molecule has 6 nitrogen and oxygen atoms in total. The zero-order chi connectivity index (χ0) is 17.5. The second-order valence-electron chi connectivity index (χ2n) is 5.39. The van der Waals surface area contributed by atoms with Gasteiger partial charge in [-0.05, 0) is 29.7 Å². The summed E-state index contributed by atoms with van der Waals surface area (Å²) in [5, 5.41) is 18.9. The number of carbonyl (C=O) groups is 2. The molecule has 0 radical (unpaired) electrons. The van der Waals surface area contributed by atoms with Crippen molar-refractivity contribution >= 4 is 17.7 Å². The Hall–Kier alpha value is -3.15. The van der Waals surface area contributed by atoms with Crippen LogP contribution in [-0.2, 0) is 17.8 Å². The lowest BCUT2D eigenvalue weighted by Crippen LogP contribution is -2.23. The minimum Gasteiger partial charge on any atom is -0.481 e. The quantitative estimate of drug-likeness (QED) is 0.459. The van der Waals surface area contributed by atoms with Crippen molar-refractivity contribution in [2.75, 3.05) is 0 Å². The number of hydrogen-bond acceptors (Lipinski definition) is 3. The van der Waals surface area contributed by atoms with Crippen molar-refractivity contribution in [2.24, 2.45) is 5.73 Å². The predicted octanol–water partition coefficient (Wildman–Crippen LogP) is 1.92. The van der Waals surface area contributed by atoms with Gasteiger partial charge in [-0.25, -0.2) is 0 Å². The third kappa shape index (κ3) is 4.95. The van der Waals surface area contributed by atoms with Gasteiger partial charge in [0.25, 0.3) is 5.91 Å². The molecule has 0 heterocycles. The smallest absolute Gasteiger partial charge is 0.303 e. The third-order valence-electron chi connectivity index (χ3n) is 3.54. The highest BCUT2D eigenvalue weighted by molar-refractivity contribution is 5.99. The first-order valence-corrected chi connectivity index (χ1v) is 7.48. The molecule has 24 heavy (non-hydrogen) atoms. The highest BCUT2D eigenvalue weighted by atomic mass is 16.4. The Labute approximate surface area is 139 Å². The number of carboxylic acids is 1. The Morgan fingerprint density at radius 2 is 1.67 bits per heavy atom. The molecule has 124 valence electrons. The molecule has 2 aromatic rings. The Kier molecular flexibility index (Phi) is 5.68. The highest BCUT2D eigenvalue weighted by Gasteiger charge is 2.07. The van der Waals surface area contributed by atoms with E-state index in [0.29, 0.717) is 24.1 Å². The molecule has 0 aliphatic rings. The van der Waals surface area contributed by atoms with Crippen molar-refractivity contribution in [1.82, 2.24) is 5.32 Å². The topological polar surface area (TPSA) is 116 Å². The molecule has 0 saturated carbocycles. The van der Waals surface area contributed by atoms with Crippen LogP contribution in [0.1, 0.15) is 33.5 Å². The molecule has 0 unspecified atom stereocenters. The van der Waals surface area contributed by atoms with E-state index in [2.05, 4.69) is 5.32 Å². The normalized spacial score (nSPS) is 10.2. The van der Waals surface area contributed by atoms with Gasteiger partial charge < -0.3 is 16.2 Å². The van der Waals surface area contributed by atoms with Gasteiger partial charge in [-0.1, -0.05) is 36.4 Å². The lowest BCUT2D eigenvalue weighted by Gasteiger charge is -2.07. The molecular formula is C18H19N3O3. The Balaban J connectivity index is 1.93. The molecule has 0 aliphatic heterocycles. The van der Waals surface area contributed by atoms with Crippen LogP contribution in [-0.4, -0.2) is 22.8 Å². The van der Waals surface area contributed by atoms with Crippen LogP contribution < -0.4 is 11.1 Å². The zero-order valence-corrected chi connectivity index (χ0v) is 13.1. The summed E-state index contributed by atoms with van der Waals surface area (Å²) in [6.07, 6.45) is 0.586. The van der Waals surface area contributed by atoms with Gasteiger partial charge in [-0.2, -0.15) is 0 Å². The number of aliphatic carboxylic acids is 1. The molecule has 0 spiro atoms. The Morgan fingerprint density at radius 1 is 1.04 bits per heavy atom. The van der Waals surface area contributed by atoms with E-state index in [-0.39, 0.29) is 18.2 Å². The number of benzene rings is 2. The van der Waals surface area contributed by atoms with E-state index in [9.17, 15) is 9.59 Å². The molecule has 2 rings (SSSR count). The van der Waals surface area contributed by atoms with Gasteiger partial charge >= 0.3 is 5.97 Å². The van der Waals surface area contributed by atoms with Gasteiger partial charge in [0, 0.05) is 24.1 Å². The van der Waals surface area contributed by atoms with Gasteiger partial charge in [-0.3, -0.25) is 15.0 Å². The summed E-state index contributed by atoms with van der Waals surface area (Å²) in [6, 6.07) is 14.1. The van der Waals surface area contributed by atoms with Gasteiger partial charge in [-0.15, -0.1) is 0 Å². The van der Waals surface area contributed by atoms with Crippen molar-refractivity contribution in [3.05, 3.63) is 70.8 Å². The molecule has 0 aromatic heterocycles. The molecule has 0 saturated heterocycles. The van der Waals surface area contributed by atoms with Crippen molar-refractivity contribution in [1.29, 1.82) is 5.41 Å². The largest absolute Gasteiger partial charge is 0.481 e. The van der Waals surface area contributed by atoms with E-state index < -0.39 is 5.97 Å². The Bertz CT molecular complexity index is 754. The third-order valence-corrected chi connectivity index (χ3v) is 3.54. The minimum absolute atomic E-state index is 0.0819. The molecule has 2 aromatic carbocycles. The number of amidine groups is 1. The number of rotatable bonds is 7. The van der Waals surface area contributed by atoms with Gasteiger partial charge in [0.1, 0.15) is 5.84 Å². The summed E-state index contributed by atoms with van der Waals surface area (Å²) in [5.41, 5.74) is 8.24. The lowest BCUT2D eigenvalue weighted by atomic mass is 10.1. The summed E-state index contributed by atoms with van der Waals surface area (Å²) in [4.78, 5) is 22.7. The number of aryl methyl sites for hydroxylation is 1. The molecule has 0 fully saturated rings. The van der Waals surface area contributed by atoms with Crippen LogP contribution in [0.4, 0.5) is 0 Å². The van der Waals surface area contributed by atoms with Crippen LogP contribution in [0, 0.1) is 5.41 Å². The summed E-state index contributed by atoms with van der Waals surface area (Å²) in [5.74, 6) is -1.14. The summed E-state index contributed by atoms with van der Waals surface area (Å²) in [7, 11) is 0. The minimum atomic E-state index is -0.820. The molecular weight excluding hydrogens is 306 g/mol. The standard InChI is InChI=1S/C18H19N3O3/c19-17(20)14-2-1-3-15(10-14)18(24)21-11-13-6-4-12(5-7-13)8-9-16(22)23/h1-7,10H,8-9,11H2,(H3,19,20)(H,21,24)(H,22,23). The zero-order valence-electron chi connectivity index (χ0n) is 13.1. The van der Waals surface area contributed by atoms with Gasteiger partial charge in [0.05, 0.1) is 0 Å². The van der Waals surface area contributed by atoms with Crippen molar-refractivity contribution in [2.45, 2.75) is 19.4 Å². The van der Waals surface area contributed by atoms with Gasteiger partial charge in [0.2, 0.25) is 0 Å². The first-order valence-electron chi connectivity index (χ1n) is 7.48. The van der Waals surface area contributed by atoms with E-state index in [0.717, 1.165) is 11.1 Å². The van der Waals surface area contributed by atoms with E-state index in [4.69, 9.17) is 16.2 Å². The van der Waals surface area contributed by atoms with Crippen LogP contribution in [0.5, 0.6) is 0 Å². The number of carboxylic acid groups (broad SMARTS) is 1. The maximum atomic E-state index is 12.1. The van der Waals surface area contributed by atoms with Crippen LogP contribution in [0.15, 0.2) is 48.5 Å². The number of carbonyl (C=O) groups excluding carboxylic acids is 1. The molecule has 0 atom stereocenters. The van der Waals surface area contributed by atoms with Crippen LogP contribution in [0.2, 0.25) is 0 Å². The van der Waals surface area contributed by atoms with Crippen LogP contribution >= 0.6 is 0 Å². The fraction of sp³-hybridized carbons (Fsp3) is 0.167. The van der Waals surface area contributed by atoms with Crippen LogP contribution in [0.3, 0.4) is 0 Å². The SMILES string of the molecule is N=C(N)c1cccc(C(=O)NCc2ccc(CCC(=O)O)cc2)c1. The molecule has 6 heteroatoms. The average Bonchev–Trinajstić information content (AvgIpc) is 2.58. The van der Waals surface area contributed by atoms with E-state index >= 15 is 0 Å². The van der Waals surface area contributed by atoms with E-state index in [1.807, 2.05) is 24.3 Å². The van der Waals surface area contributed by atoms with Crippen molar-refractivity contribution < 1.29 is 14.7 Å². The first kappa shape index (κ1) is 17.2. The van der Waals surface area contributed by atoms with Crippen molar-refractivity contribution in [3.8, 4) is 0 Å². The fourth-order valence-electron chi connectivity index (χ4n) is 2.19. The number of nitrogens with two attached hydrogens (primary N) is 1. The average molecular weight is 325 g/mol. The Morgan fingerprint density at radius 3 is 2.29 bits per heavy atom. The van der Waals surface area contributed by atoms with Crippen molar-refractivity contribution in [3.63, 3.8) is 0 Å². The molecule has 0 bridgehead atoms. The number of nitrogen functional groups attached to an aromatic ring is 1. The first-order chi connectivity index (χ1) is 11.5. The summed E-state index contributed by atoms with van der Waals surface area (Å²) < 4.78 is 0. The molecule has 1 amide bonds. The highest BCUT2D eigenvalue weighted by Crippen LogP contribution is 2.08. The predicted molar refractivity (Wildman–Crippen MR) is 91.0 cm³/mol. The lowest BCUT2D eigenvalue weighted by molar-refractivity contribution is -0.136. The van der Waals surface area contributed by atoms with Crippen LogP contribution in [0.25, 0.3) is 0 Å². The summed E-state index contributed by atoms with van der Waals surface area (Å²) in [6.45, 7) is 0.363. The van der Waals surface area contributed by atoms with E-state index in [1.54, 1.807) is 24.3 Å².